The van der Waals surface area contributed by atoms with Crippen LogP contribution in [-0.2, 0) is 20.7 Å². The summed E-state index contributed by atoms with van der Waals surface area (Å²) in [5.41, 5.74) is 5.28. The minimum Gasteiger partial charge on any atom is -0.466 e. The zero-order valence-corrected chi connectivity index (χ0v) is 16.4. The van der Waals surface area contributed by atoms with E-state index in [1.54, 1.807) is 13.0 Å². The van der Waals surface area contributed by atoms with Crippen molar-refractivity contribution in [1.82, 2.24) is 9.97 Å². The first-order valence-corrected chi connectivity index (χ1v) is 9.57. The van der Waals surface area contributed by atoms with E-state index in [-0.39, 0.29) is 11.9 Å². The first-order valence-electron chi connectivity index (χ1n) is 9.57. The molecule has 148 valence electrons. The Labute approximate surface area is 167 Å². The normalized spacial score (nSPS) is 11.1. The third kappa shape index (κ3) is 3.49. The second kappa shape index (κ2) is 7.83. The van der Waals surface area contributed by atoms with Gasteiger partial charge in [0.15, 0.2) is 0 Å². The Morgan fingerprint density at radius 1 is 1.03 bits per heavy atom. The predicted octanol–water partition coefficient (Wildman–Crippen LogP) is 4.60. The number of ether oxygens (including phenoxy) is 2. The minimum absolute atomic E-state index is 0.203. The Morgan fingerprint density at radius 2 is 1.83 bits per heavy atom. The van der Waals surface area contributed by atoms with Gasteiger partial charge in [0.1, 0.15) is 0 Å². The summed E-state index contributed by atoms with van der Waals surface area (Å²) in [6, 6.07) is 13.6. The lowest BCUT2D eigenvalue weighted by Gasteiger charge is -2.06. The summed E-state index contributed by atoms with van der Waals surface area (Å²) in [5.74, 6) is -0.571. The van der Waals surface area contributed by atoms with Crippen LogP contribution in [0, 0.1) is 0 Å². The molecule has 0 saturated carbocycles. The summed E-state index contributed by atoms with van der Waals surface area (Å²) in [6.07, 6.45) is 2.82. The fourth-order valence-electron chi connectivity index (χ4n) is 3.73. The molecule has 6 heteroatoms. The standard InChI is InChI=1S/C23H22N2O4/c1-3-29-21(26)11-10-14-12-17-15(6-4-8-19(17)25-14)18-13-24-20-9-5-7-16(22(18)20)23(27)28-2/h4-9,12-13,24-25H,3,10-11H2,1-2H3. The van der Waals surface area contributed by atoms with Crippen molar-refractivity contribution >= 4 is 33.7 Å². The van der Waals surface area contributed by atoms with Crippen molar-refractivity contribution < 1.29 is 19.1 Å². The molecule has 0 radical (unpaired) electrons. The Kier molecular flexibility index (Phi) is 5.08. The summed E-state index contributed by atoms with van der Waals surface area (Å²) >= 11 is 0. The number of aromatic amines is 2. The number of aryl methyl sites for hydroxylation is 1. The van der Waals surface area contributed by atoms with Gasteiger partial charge in [0.05, 0.1) is 25.7 Å². The van der Waals surface area contributed by atoms with Crippen molar-refractivity contribution in [3.63, 3.8) is 0 Å². The number of fused-ring (bicyclic) bond motifs is 2. The van der Waals surface area contributed by atoms with Gasteiger partial charge in [-0.25, -0.2) is 4.79 Å². The first kappa shape index (κ1) is 18.8. The van der Waals surface area contributed by atoms with E-state index in [9.17, 15) is 9.59 Å². The smallest absolute Gasteiger partial charge is 0.338 e. The van der Waals surface area contributed by atoms with E-state index in [2.05, 4.69) is 16.0 Å². The van der Waals surface area contributed by atoms with Gasteiger partial charge < -0.3 is 19.4 Å². The van der Waals surface area contributed by atoms with Crippen LogP contribution in [0.4, 0.5) is 0 Å². The van der Waals surface area contributed by atoms with Crippen molar-refractivity contribution in [3.05, 3.63) is 59.9 Å². The molecule has 0 amide bonds. The fourth-order valence-corrected chi connectivity index (χ4v) is 3.73. The molecule has 2 N–H and O–H groups in total. The van der Waals surface area contributed by atoms with Gasteiger partial charge in [-0.1, -0.05) is 18.2 Å². The average Bonchev–Trinajstić information content (AvgIpc) is 3.35. The van der Waals surface area contributed by atoms with Crippen molar-refractivity contribution in [2.75, 3.05) is 13.7 Å². The van der Waals surface area contributed by atoms with Gasteiger partial charge in [-0.15, -0.1) is 0 Å². The van der Waals surface area contributed by atoms with E-state index in [1.165, 1.54) is 7.11 Å². The monoisotopic (exact) mass is 390 g/mol. The Balaban J connectivity index is 1.79. The van der Waals surface area contributed by atoms with E-state index < -0.39 is 0 Å². The Morgan fingerprint density at radius 3 is 2.62 bits per heavy atom. The molecule has 4 aromatic rings. The average molecular weight is 390 g/mol. The lowest BCUT2D eigenvalue weighted by atomic mass is 9.98. The van der Waals surface area contributed by atoms with Gasteiger partial charge in [0.25, 0.3) is 0 Å². The zero-order chi connectivity index (χ0) is 20.4. The number of benzene rings is 2. The number of carbonyl (C=O) groups excluding carboxylic acids is 2. The fraction of sp³-hybridized carbons (Fsp3) is 0.217. The highest BCUT2D eigenvalue weighted by Gasteiger charge is 2.18. The maximum absolute atomic E-state index is 12.3. The molecule has 0 unspecified atom stereocenters. The van der Waals surface area contributed by atoms with Crippen LogP contribution in [0.25, 0.3) is 32.9 Å². The molecular weight excluding hydrogens is 368 g/mol. The van der Waals surface area contributed by atoms with Crippen LogP contribution in [-0.4, -0.2) is 35.6 Å². The Hall–Kier alpha value is -3.54. The second-order valence-electron chi connectivity index (χ2n) is 6.79. The highest BCUT2D eigenvalue weighted by atomic mass is 16.5. The molecule has 0 fully saturated rings. The van der Waals surface area contributed by atoms with Crippen LogP contribution >= 0.6 is 0 Å². The van der Waals surface area contributed by atoms with Gasteiger partial charge in [-0.05, 0) is 43.2 Å². The first-order chi connectivity index (χ1) is 14.1. The maximum atomic E-state index is 12.3. The molecule has 0 bridgehead atoms. The number of H-pyrrole nitrogens is 2. The third-order valence-corrected chi connectivity index (χ3v) is 5.02. The maximum Gasteiger partial charge on any atom is 0.338 e. The number of rotatable bonds is 6. The van der Waals surface area contributed by atoms with E-state index in [0.717, 1.165) is 38.6 Å². The molecular formula is C23H22N2O4. The molecule has 0 aliphatic rings. The molecule has 0 saturated heterocycles. The van der Waals surface area contributed by atoms with E-state index in [4.69, 9.17) is 9.47 Å². The lowest BCUT2D eigenvalue weighted by molar-refractivity contribution is -0.143. The number of hydrogen-bond donors (Lipinski definition) is 2. The summed E-state index contributed by atoms with van der Waals surface area (Å²) in [4.78, 5) is 30.6. The van der Waals surface area contributed by atoms with E-state index in [0.29, 0.717) is 25.0 Å². The molecule has 6 nitrogen and oxygen atoms in total. The molecule has 0 aliphatic carbocycles. The van der Waals surface area contributed by atoms with Crippen LogP contribution in [0.3, 0.4) is 0 Å². The molecule has 4 rings (SSSR count). The van der Waals surface area contributed by atoms with Crippen molar-refractivity contribution in [1.29, 1.82) is 0 Å². The number of hydrogen-bond acceptors (Lipinski definition) is 4. The summed E-state index contributed by atoms with van der Waals surface area (Å²) in [6.45, 7) is 2.19. The van der Waals surface area contributed by atoms with Crippen molar-refractivity contribution in [2.45, 2.75) is 19.8 Å². The quantitative estimate of drug-likeness (QED) is 0.471. The van der Waals surface area contributed by atoms with Gasteiger partial charge in [-0.2, -0.15) is 0 Å². The van der Waals surface area contributed by atoms with Crippen LogP contribution in [0.2, 0.25) is 0 Å². The zero-order valence-electron chi connectivity index (χ0n) is 16.4. The lowest BCUT2D eigenvalue weighted by Crippen LogP contribution is -2.05. The number of aromatic nitrogens is 2. The SMILES string of the molecule is CCOC(=O)CCc1cc2c(-c3c[nH]c4cccc(C(=O)OC)c34)cccc2[nH]1. The van der Waals surface area contributed by atoms with Gasteiger partial charge in [-0.3, -0.25) is 4.79 Å². The summed E-state index contributed by atoms with van der Waals surface area (Å²) in [5, 5.41) is 1.87. The third-order valence-electron chi connectivity index (χ3n) is 5.02. The summed E-state index contributed by atoms with van der Waals surface area (Å²) < 4.78 is 9.98. The number of methoxy groups -OCH3 is 1. The minimum atomic E-state index is -0.368. The number of esters is 2. The van der Waals surface area contributed by atoms with Gasteiger partial charge in [0, 0.05) is 39.3 Å². The Bertz CT molecular complexity index is 1200. The van der Waals surface area contributed by atoms with Crippen LogP contribution in [0.5, 0.6) is 0 Å². The molecule has 2 aromatic heterocycles. The van der Waals surface area contributed by atoms with E-state index >= 15 is 0 Å². The van der Waals surface area contributed by atoms with Crippen LogP contribution in [0.15, 0.2) is 48.7 Å². The molecule has 29 heavy (non-hydrogen) atoms. The number of carbonyl (C=O) groups is 2. The molecule has 0 aliphatic heterocycles. The highest BCUT2D eigenvalue weighted by Crippen LogP contribution is 2.36. The van der Waals surface area contributed by atoms with Crippen LogP contribution in [0.1, 0.15) is 29.4 Å². The predicted molar refractivity (Wildman–Crippen MR) is 112 cm³/mol. The molecule has 2 aromatic carbocycles. The largest absolute Gasteiger partial charge is 0.466 e. The topological polar surface area (TPSA) is 84.2 Å². The second-order valence-corrected chi connectivity index (χ2v) is 6.79. The number of nitrogens with one attached hydrogen (secondary N) is 2. The van der Waals surface area contributed by atoms with Gasteiger partial charge in [0.2, 0.25) is 0 Å². The summed E-state index contributed by atoms with van der Waals surface area (Å²) in [7, 11) is 1.39. The molecule has 2 heterocycles. The van der Waals surface area contributed by atoms with E-state index in [1.807, 2.05) is 36.5 Å². The van der Waals surface area contributed by atoms with Crippen molar-refractivity contribution in [2.24, 2.45) is 0 Å². The highest BCUT2D eigenvalue weighted by molar-refractivity contribution is 6.13. The van der Waals surface area contributed by atoms with Crippen molar-refractivity contribution in [3.8, 4) is 11.1 Å². The molecule has 0 spiro atoms. The molecule has 0 atom stereocenters. The van der Waals surface area contributed by atoms with Gasteiger partial charge >= 0.3 is 11.9 Å². The van der Waals surface area contributed by atoms with Crippen LogP contribution < -0.4 is 0 Å².